The molecule has 0 spiro atoms. The molecule has 1 aliphatic heterocycles. The van der Waals surface area contributed by atoms with E-state index < -0.39 is 4.92 Å². The van der Waals surface area contributed by atoms with E-state index in [2.05, 4.69) is 5.32 Å². The second kappa shape index (κ2) is 6.73. The first-order valence-corrected chi connectivity index (χ1v) is 6.85. The second-order valence-corrected chi connectivity index (χ2v) is 5.06. The maximum Gasteiger partial charge on any atom is 0.271 e. The van der Waals surface area contributed by atoms with Crippen molar-refractivity contribution in [2.24, 2.45) is 0 Å². The van der Waals surface area contributed by atoms with Crippen LogP contribution in [0.3, 0.4) is 0 Å². The highest BCUT2D eigenvalue weighted by Crippen LogP contribution is 2.28. The number of nitrogens with one attached hydrogen (secondary N) is 1. The zero-order valence-electron chi connectivity index (χ0n) is 10.6. The maximum absolute atomic E-state index is 10.6. The fourth-order valence-electron chi connectivity index (χ4n) is 2.20. The Morgan fingerprint density at radius 1 is 1.47 bits per heavy atom. The van der Waals surface area contributed by atoms with Crippen molar-refractivity contribution in [1.29, 1.82) is 0 Å². The molecule has 104 valence electrons. The molecule has 0 amide bonds. The number of hydrogen-bond acceptors (Lipinski definition) is 4. The van der Waals surface area contributed by atoms with Crippen LogP contribution in [0.4, 0.5) is 5.69 Å². The zero-order chi connectivity index (χ0) is 13.7. The molecule has 1 aromatic carbocycles. The molecule has 1 heterocycles. The Morgan fingerprint density at radius 3 is 2.95 bits per heavy atom. The van der Waals surface area contributed by atoms with Crippen LogP contribution in [0.25, 0.3) is 0 Å². The van der Waals surface area contributed by atoms with Gasteiger partial charge in [-0.25, -0.2) is 0 Å². The van der Waals surface area contributed by atoms with Crippen molar-refractivity contribution in [3.8, 4) is 5.75 Å². The van der Waals surface area contributed by atoms with Gasteiger partial charge in [-0.1, -0.05) is 18.0 Å². The lowest BCUT2D eigenvalue weighted by Crippen LogP contribution is -2.35. The van der Waals surface area contributed by atoms with Gasteiger partial charge in [-0.15, -0.1) is 0 Å². The lowest BCUT2D eigenvalue weighted by Gasteiger charge is -2.23. The van der Waals surface area contributed by atoms with Crippen LogP contribution in [-0.2, 0) is 0 Å². The van der Waals surface area contributed by atoms with Gasteiger partial charge in [0.15, 0.2) is 0 Å². The highest BCUT2D eigenvalue weighted by Gasteiger charge is 2.13. The number of non-ortho nitro benzene ring substituents is 1. The molecule has 0 aromatic heterocycles. The highest BCUT2D eigenvalue weighted by molar-refractivity contribution is 6.32. The predicted molar refractivity (Wildman–Crippen MR) is 73.9 cm³/mol. The monoisotopic (exact) mass is 284 g/mol. The van der Waals surface area contributed by atoms with E-state index in [1.807, 2.05) is 0 Å². The van der Waals surface area contributed by atoms with Gasteiger partial charge in [-0.05, 0) is 31.9 Å². The summed E-state index contributed by atoms with van der Waals surface area (Å²) in [4.78, 5) is 10.1. The summed E-state index contributed by atoms with van der Waals surface area (Å²) < 4.78 is 5.58. The molecule has 1 atom stereocenters. The number of halogens is 1. The van der Waals surface area contributed by atoms with Crippen molar-refractivity contribution >= 4 is 17.3 Å². The van der Waals surface area contributed by atoms with Gasteiger partial charge in [0.2, 0.25) is 0 Å². The second-order valence-electron chi connectivity index (χ2n) is 4.66. The van der Waals surface area contributed by atoms with E-state index >= 15 is 0 Å². The van der Waals surface area contributed by atoms with Crippen molar-refractivity contribution < 1.29 is 9.66 Å². The lowest BCUT2D eigenvalue weighted by molar-refractivity contribution is -0.384. The predicted octanol–water partition coefficient (Wildman–Crippen LogP) is 3.16. The maximum atomic E-state index is 10.6. The number of nitro benzene ring substituents is 1. The molecule has 1 N–H and O–H groups in total. The minimum Gasteiger partial charge on any atom is -0.492 e. The van der Waals surface area contributed by atoms with E-state index in [4.69, 9.17) is 16.3 Å². The fraction of sp³-hybridized carbons (Fsp3) is 0.538. The number of benzene rings is 1. The van der Waals surface area contributed by atoms with Gasteiger partial charge in [-0.3, -0.25) is 10.1 Å². The summed E-state index contributed by atoms with van der Waals surface area (Å²) >= 11 is 5.95. The molecule has 5 nitrogen and oxygen atoms in total. The minimum absolute atomic E-state index is 0.0219. The number of nitro groups is 1. The summed E-state index contributed by atoms with van der Waals surface area (Å²) in [7, 11) is 0. The van der Waals surface area contributed by atoms with Crippen molar-refractivity contribution in [1.82, 2.24) is 5.32 Å². The van der Waals surface area contributed by atoms with Crippen LogP contribution in [0, 0.1) is 10.1 Å². The summed E-state index contributed by atoms with van der Waals surface area (Å²) in [5.74, 6) is 0.503. The largest absolute Gasteiger partial charge is 0.492 e. The molecule has 1 unspecified atom stereocenters. The number of piperidine rings is 1. The van der Waals surface area contributed by atoms with Gasteiger partial charge in [-0.2, -0.15) is 0 Å². The molecule has 1 saturated heterocycles. The molecule has 0 saturated carbocycles. The van der Waals surface area contributed by atoms with Crippen LogP contribution in [0.2, 0.25) is 5.02 Å². The smallest absolute Gasteiger partial charge is 0.271 e. The molecule has 0 bridgehead atoms. The first-order valence-electron chi connectivity index (χ1n) is 6.47. The summed E-state index contributed by atoms with van der Waals surface area (Å²) in [6, 6.07) is 4.77. The first kappa shape index (κ1) is 14.1. The highest BCUT2D eigenvalue weighted by atomic mass is 35.5. The van der Waals surface area contributed by atoms with E-state index in [0.29, 0.717) is 18.4 Å². The quantitative estimate of drug-likeness (QED) is 0.666. The normalized spacial score (nSPS) is 19.1. The Labute approximate surface area is 117 Å². The number of rotatable bonds is 5. The lowest BCUT2D eigenvalue weighted by atomic mass is 10.0. The van der Waals surface area contributed by atoms with Gasteiger partial charge in [0, 0.05) is 18.2 Å². The van der Waals surface area contributed by atoms with Gasteiger partial charge in [0.1, 0.15) is 5.75 Å². The van der Waals surface area contributed by atoms with E-state index in [1.54, 1.807) is 6.07 Å². The van der Waals surface area contributed by atoms with Crippen molar-refractivity contribution in [3.05, 3.63) is 33.3 Å². The molecule has 0 radical (unpaired) electrons. The van der Waals surface area contributed by atoms with Gasteiger partial charge < -0.3 is 10.1 Å². The molecular weight excluding hydrogens is 268 g/mol. The molecule has 2 rings (SSSR count). The van der Waals surface area contributed by atoms with Crippen LogP contribution in [0.15, 0.2) is 18.2 Å². The Morgan fingerprint density at radius 2 is 2.32 bits per heavy atom. The van der Waals surface area contributed by atoms with Gasteiger partial charge >= 0.3 is 0 Å². The number of ether oxygens (including phenoxy) is 1. The molecule has 1 fully saturated rings. The fourth-order valence-corrected chi connectivity index (χ4v) is 2.43. The van der Waals surface area contributed by atoms with Crippen LogP contribution < -0.4 is 10.1 Å². The summed E-state index contributed by atoms with van der Waals surface area (Å²) in [5.41, 5.74) is -0.0219. The molecule has 6 heteroatoms. The van der Waals surface area contributed by atoms with Gasteiger partial charge in [0.25, 0.3) is 5.69 Å². The first-order chi connectivity index (χ1) is 9.16. The Balaban J connectivity index is 1.83. The van der Waals surface area contributed by atoms with Crippen LogP contribution in [0.5, 0.6) is 5.75 Å². The van der Waals surface area contributed by atoms with Gasteiger partial charge in [0.05, 0.1) is 16.6 Å². The van der Waals surface area contributed by atoms with Crippen LogP contribution >= 0.6 is 11.6 Å². The summed E-state index contributed by atoms with van der Waals surface area (Å²) in [5, 5.41) is 14.3. The molecule has 1 aromatic rings. The average Bonchev–Trinajstić information content (AvgIpc) is 2.41. The van der Waals surface area contributed by atoms with E-state index in [1.165, 1.54) is 31.4 Å². The summed E-state index contributed by atoms with van der Waals surface area (Å²) in [6.07, 6.45) is 4.60. The minimum atomic E-state index is -0.471. The van der Waals surface area contributed by atoms with E-state index in [9.17, 15) is 10.1 Å². The third kappa shape index (κ3) is 4.08. The van der Waals surface area contributed by atoms with Crippen molar-refractivity contribution in [2.75, 3.05) is 13.2 Å². The zero-order valence-corrected chi connectivity index (χ0v) is 11.4. The molecule has 1 aliphatic rings. The van der Waals surface area contributed by atoms with E-state index in [0.717, 1.165) is 13.0 Å². The SMILES string of the molecule is O=[N+]([O-])c1ccc(OCCC2CCCCN2)c(Cl)c1. The third-order valence-corrected chi connectivity index (χ3v) is 3.56. The molecule has 0 aliphatic carbocycles. The van der Waals surface area contributed by atoms with Crippen LogP contribution in [-0.4, -0.2) is 24.1 Å². The van der Waals surface area contributed by atoms with Crippen molar-refractivity contribution in [2.45, 2.75) is 31.7 Å². The molecular formula is C13H17ClN2O3. The molecule has 19 heavy (non-hydrogen) atoms. The van der Waals surface area contributed by atoms with E-state index in [-0.39, 0.29) is 10.7 Å². The average molecular weight is 285 g/mol. The number of hydrogen-bond donors (Lipinski definition) is 1. The topological polar surface area (TPSA) is 64.4 Å². The Kier molecular flexibility index (Phi) is 4.99. The Bertz CT molecular complexity index is 448. The number of nitrogens with zero attached hydrogens (tertiary/aromatic N) is 1. The Hall–Kier alpha value is -1.33. The van der Waals surface area contributed by atoms with Crippen molar-refractivity contribution in [3.63, 3.8) is 0 Å². The summed E-state index contributed by atoms with van der Waals surface area (Å²) in [6.45, 7) is 1.64. The van der Waals surface area contributed by atoms with Crippen LogP contribution in [0.1, 0.15) is 25.7 Å². The standard InChI is InChI=1S/C13H17ClN2O3/c14-12-9-11(16(17)18)4-5-13(12)19-8-6-10-3-1-2-7-15-10/h4-5,9-10,15H,1-3,6-8H2. The third-order valence-electron chi connectivity index (χ3n) is 3.26.